The summed E-state index contributed by atoms with van der Waals surface area (Å²) in [4.78, 5) is 14.0. The van der Waals surface area contributed by atoms with Gasteiger partial charge in [0.1, 0.15) is 0 Å². The van der Waals surface area contributed by atoms with Crippen LogP contribution >= 0.6 is 0 Å². The van der Waals surface area contributed by atoms with Gasteiger partial charge in [0.25, 0.3) is 0 Å². The minimum Gasteiger partial charge on any atom is -0.380 e. The van der Waals surface area contributed by atoms with Crippen molar-refractivity contribution in [2.24, 2.45) is 5.73 Å². The van der Waals surface area contributed by atoms with Gasteiger partial charge in [0, 0.05) is 26.3 Å². The van der Waals surface area contributed by atoms with Gasteiger partial charge in [-0.15, -0.1) is 0 Å². The third-order valence-corrected chi connectivity index (χ3v) is 2.92. The van der Waals surface area contributed by atoms with Crippen LogP contribution in [0, 0.1) is 0 Å². The van der Waals surface area contributed by atoms with Crippen molar-refractivity contribution in [3.05, 3.63) is 0 Å². The van der Waals surface area contributed by atoms with E-state index in [0.29, 0.717) is 39.5 Å². The van der Waals surface area contributed by atoms with Crippen LogP contribution in [0.2, 0.25) is 0 Å². The molecule has 0 saturated carbocycles. The van der Waals surface area contributed by atoms with E-state index >= 15 is 0 Å². The first-order valence-corrected chi connectivity index (χ1v) is 7.37. The Balaban J connectivity index is 4.21. The predicted molar refractivity (Wildman–Crippen MR) is 77.1 cm³/mol. The standard InChI is InChI=1S/C14H30N2O3/c1-4-7-8-13(15)14(17)16(9-11-18-5-2)10-12-19-6-3/h13H,4-12,15H2,1-3H3. The molecule has 0 fully saturated rings. The number of amides is 1. The Morgan fingerprint density at radius 2 is 1.63 bits per heavy atom. The average molecular weight is 274 g/mol. The molecule has 0 radical (unpaired) electrons. The van der Waals surface area contributed by atoms with Crippen LogP contribution in [0.3, 0.4) is 0 Å². The smallest absolute Gasteiger partial charge is 0.239 e. The van der Waals surface area contributed by atoms with Crippen LogP contribution in [0.5, 0.6) is 0 Å². The third-order valence-electron chi connectivity index (χ3n) is 2.92. The summed E-state index contributed by atoms with van der Waals surface area (Å²) in [6, 6.07) is -0.400. The minimum absolute atomic E-state index is 0.00727. The summed E-state index contributed by atoms with van der Waals surface area (Å²) in [6.45, 7) is 9.57. The van der Waals surface area contributed by atoms with Crippen LogP contribution in [-0.4, -0.2) is 56.4 Å². The van der Waals surface area contributed by atoms with Crippen LogP contribution in [0.4, 0.5) is 0 Å². The lowest BCUT2D eigenvalue weighted by Crippen LogP contribution is -2.46. The first kappa shape index (κ1) is 18.4. The number of carbonyl (C=O) groups excluding carboxylic acids is 1. The van der Waals surface area contributed by atoms with E-state index in [-0.39, 0.29) is 5.91 Å². The van der Waals surface area contributed by atoms with Crippen molar-refractivity contribution >= 4 is 5.91 Å². The summed E-state index contributed by atoms with van der Waals surface area (Å²) >= 11 is 0. The zero-order chi connectivity index (χ0) is 14.5. The number of nitrogens with two attached hydrogens (primary N) is 1. The molecule has 0 rings (SSSR count). The van der Waals surface area contributed by atoms with Crippen LogP contribution < -0.4 is 5.73 Å². The number of hydrogen-bond donors (Lipinski definition) is 1. The molecule has 5 nitrogen and oxygen atoms in total. The lowest BCUT2D eigenvalue weighted by Gasteiger charge is -2.25. The zero-order valence-electron chi connectivity index (χ0n) is 12.7. The van der Waals surface area contributed by atoms with Gasteiger partial charge >= 0.3 is 0 Å². The SMILES string of the molecule is CCCCC(N)C(=O)N(CCOCC)CCOCC. The number of unbranched alkanes of at least 4 members (excludes halogenated alkanes) is 1. The molecule has 1 atom stereocenters. The molecule has 0 heterocycles. The fourth-order valence-electron chi connectivity index (χ4n) is 1.75. The van der Waals surface area contributed by atoms with Crippen molar-refractivity contribution in [3.8, 4) is 0 Å². The van der Waals surface area contributed by atoms with Crippen LogP contribution in [0.1, 0.15) is 40.0 Å². The highest BCUT2D eigenvalue weighted by Gasteiger charge is 2.20. The van der Waals surface area contributed by atoms with Crippen LogP contribution in [0.15, 0.2) is 0 Å². The van der Waals surface area contributed by atoms with Crippen molar-refractivity contribution in [2.75, 3.05) is 39.5 Å². The molecule has 2 N–H and O–H groups in total. The minimum atomic E-state index is -0.400. The molecule has 114 valence electrons. The maximum absolute atomic E-state index is 12.2. The molecule has 0 aromatic rings. The highest BCUT2D eigenvalue weighted by atomic mass is 16.5. The van der Waals surface area contributed by atoms with Crippen LogP contribution in [-0.2, 0) is 14.3 Å². The van der Waals surface area contributed by atoms with Gasteiger partial charge < -0.3 is 20.1 Å². The predicted octanol–water partition coefficient (Wildman–Crippen LogP) is 1.41. The Bertz CT molecular complexity index is 215. The second kappa shape index (κ2) is 12.4. The molecule has 0 aromatic carbocycles. The molecular formula is C14H30N2O3. The Morgan fingerprint density at radius 3 is 2.05 bits per heavy atom. The van der Waals surface area contributed by atoms with Gasteiger partial charge in [0.2, 0.25) is 5.91 Å². The van der Waals surface area contributed by atoms with E-state index in [1.165, 1.54) is 0 Å². The van der Waals surface area contributed by atoms with Crippen molar-refractivity contribution in [1.29, 1.82) is 0 Å². The molecule has 0 aliphatic carbocycles. The highest BCUT2D eigenvalue weighted by molar-refractivity contribution is 5.81. The fraction of sp³-hybridized carbons (Fsp3) is 0.929. The zero-order valence-corrected chi connectivity index (χ0v) is 12.7. The summed E-state index contributed by atoms with van der Waals surface area (Å²) in [5.41, 5.74) is 5.94. The quantitative estimate of drug-likeness (QED) is 0.546. The number of hydrogen-bond acceptors (Lipinski definition) is 4. The molecule has 1 unspecified atom stereocenters. The second-order valence-electron chi connectivity index (χ2n) is 4.47. The number of rotatable bonds is 12. The Morgan fingerprint density at radius 1 is 1.11 bits per heavy atom. The largest absolute Gasteiger partial charge is 0.380 e. The summed E-state index contributed by atoms with van der Waals surface area (Å²) < 4.78 is 10.6. The number of carbonyl (C=O) groups is 1. The Labute approximate surface area is 117 Å². The maximum atomic E-state index is 12.2. The van der Waals surface area contributed by atoms with Crippen molar-refractivity contribution < 1.29 is 14.3 Å². The Kier molecular flexibility index (Phi) is 12.0. The molecule has 0 aromatic heterocycles. The number of ether oxygens (including phenoxy) is 2. The topological polar surface area (TPSA) is 64.8 Å². The van der Waals surface area contributed by atoms with Gasteiger partial charge in [-0.2, -0.15) is 0 Å². The lowest BCUT2D eigenvalue weighted by atomic mass is 10.1. The van der Waals surface area contributed by atoms with Gasteiger partial charge in [-0.05, 0) is 20.3 Å². The molecule has 0 bridgehead atoms. The van der Waals surface area contributed by atoms with E-state index in [1.54, 1.807) is 4.90 Å². The molecule has 19 heavy (non-hydrogen) atoms. The number of nitrogens with zero attached hydrogens (tertiary/aromatic N) is 1. The van der Waals surface area contributed by atoms with Gasteiger partial charge in [-0.3, -0.25) is 4.79 Å². The van der Waals surface area contributed by atoms with Gasteiger partial charge in [-0.1, -0.05) is 19.8 Å². The molecular weight excluding hydrogens is 244 g/mol. The average Bonchev–Trinajstić information content (AvgIpc) is 2.42. The molecule has 5 heteroatoms. The van der Waals surface area contributed by atoms with E-state index in [9.17, 15) is 4.79 Å². The van der Waals surface area contributed by atoms with Crippen LogP contribution in [0.25, 0.3) is 0 Å². The molecule has 0 aliphatic rings. The monoisotopic (exact) mass is 274 g/mol. The highest BCUT2D eigenvalue weighted by Crippen LogP contribution is 2.03. The molecule has 0 aliphatic heterocycles. The summed E-state index contributed by atoms with van der Waals surface area (Å²) in [5.74, 6) is 0.00727. The Hall–Kier alpha value is -0.650. The summed E-state index contributed by atoms with van der Waals surface area (Å²) in [7, 11) is 0. The van der Waals surface area contributed by atoms with E-state index in [1.807, 2.05) is 13.8 Å². The van der Waals surface area contributed by atoms with E-state index in [2.05, 4.69) is 6.92 Å². The van der Waals surface area contributed by atoms with E-state index < -0.39 is 6.04 Å². The fourth-order valence-corrected chi connectivity index (χ4v) is 1.75. The van der Waals surface area contributed by atoms with Gasteiger partial charge in [0.15, 0.2) is 0 Å². The third kappa shape index (κ3) is 8.97. The second-order valence-corrected chi connectivity index (χ2v) is 4.47. The van der Waals surface area contributed by atoms with E-state index in [4.69, 9.17) is 15.2 Å². The van der Waals surface area contributed by atoms with Crippen molar-refractivity contribution in [3.63, 3.8) is 0 Å². The van der Waals surface area contributed by atoms with E-state index in [0.717, 1.165) is 19.3 Å². The first-order valence-electron chi connectivity index (χ1n) is 7.37. The molecule has 0 spiro atoms. The molecule has 0 saturated heterocycles. The molecule has 1 amide bonds. The lowest BCUT2D eigenvalue weighted by molar-refractivity contribution is -0.134. The summed E-state index contributed by atoms with van der Waals surface area (Å²) in [5, 5.41) is 0. The first-order chi connectivity index (χ1) is 9.17. The normalized spacial score (nSPS) is 12.4. The maximum Gasteiger partial charge on any atom is 0.239 e. The summed E-state index contributed by atoms with van der Waals surface area (Å²) in [6.07, 6.45) is 2.78. The van der Waals surface area contributed by atoms with Crippen molar-refractivity contribution in [1.82, 2.24) is 4.90 Å². The van der Waals surface area contributed by atoms with Gasteiger partial charge in [-0.25, -0.2) is 0 Å². The van der Waals surface area contributed by atoms with Gasteiger partial charge in [0.05, 0.1) is 19.3 Å². The van der Waals surface area contributed by atoms with Crippen molar-refractivity contribution in [2.45, 2.75) is 46.1 Å².